The SMILES string of the molecule is Cc1ccc(S(=O)(=O)N(C)CC#CC2=CCCC2)cc1. The summed E-state index contributed by atoms with van der Waals surface area (Å²) in [6.07, 6.45) is 5.38. The Morgan fingerprint density at radius 1 is 1.25 bits per heavy atom. The third kappa shape index (κ3) is 3.50. The van der Waals surface area contributed by atoms with Gasteiger partial charge in [-0.05, 0) is 43.9 Å². The fourth-order valence-corrected chi connectivity index (χ4v) is 3.10. The monoisotopic (exact) mass is 289 g/mol. The average Bonchev–Trinajstić information content (AvgIpc) is 2.92. The summed E-state index contributed by atoms with van der Waals surface area (Å²) in [6, 6.07) is 6.87. The van der Waals surface area contributed by atoms with Crippen molar-refractivity contribution >= 4 is 10.0 Å². The van der Waals surface area contributed by atoms with Crippen LogP contribution in [0.2, 0.25) is 0 Å². The fraction of sp³-hybridized carbons (Fsp3) is 0.375. The molecule has 0 aromatic heterocycles. The highest BCUT2D eigenvalue weighted by Gasteiger charge is 2.19. The van der Waals surface area contributed by atoms with Gasteiger partial charge in [0.25, 0.3) is 0 Å². The van der Waals surface area contributed by atoms with Gasteiger partial charge >= 0.3 is 0 Å². The highest BCUT2D eigenvalue weighted by Crippen LogP contribution is 2.16. The van der Waals surface area contributed by atoms with Gasteiger partial charge in [-0.15, -0.1) is 0 Å². The van der Waals surface area contributed by atoms with Crippen molar-refractivity contribution in [2.24, 2.45) is 0 Å². The van der Waals surface area contributed by atoms with Crippen LogP contribution in [0.15, 0.2) is 40.8 Å². The van der Waals surface area contributed by atoms with Crippen molar-refractivity contribution in [2.45, 2.75) is 31.1 Å². The van der Waals surface area contributed by atoms with Crippen LogP contribution < -0.4 is 0 Å². The molecule has 2 rings (SSSR count). The molecule has 0 aliphatic heterocycles. The first kappa shape index (κ1) is 14.8. The zero-order valence-corrected chi connectivity index (χ0v) is 12.7. The second-order valence-corrected chi connectivity index (χ2v) is 7.04. The number of benzene rings is 1. The van der Waals surface area contributed by atoms with E-state index in [9.17, 15) is 8.42 Å². The van der Waals surface area contributed by atoms with E-state index in [2.05, 4.69) is 17.9 Å². The van der Waals surface area contributed by atoms with Gasteiger partial charge in [0.1, 0.15) is 0 Å². The van der Waals surface area contributed by atoms with Crippen molar-refractivity contribution in [1.29, 1.82) is 0 Å². The maximum absolute atomic E-state index is 12.3. The molecule has 0 radical (unpaired) electrons. The van der Waals surface area contributed by atoms with E-state index in [0.29, 0.717) is 4.90 Å². The van der Waals surface area contributed by atoms with E-state index < -0.39 is 10.0 Å². The highest BCUT2D eigenvalue weighted by molar-refractivity contribution is 7.89. The van der Waals surface area contributed by atoms with Gasteiger partial charge in [-0.2, -0.15) is 4.31 Å². The van der Waals surface area contributed by atoms with Crippen LogP contribution in [0.5, 0.6) is 0 Å². The van der Waals surface area contributed by atoms with Crippen molar-refractivity contribution in [2.75, 3.05) is 13.6 Å². The molecule has 1 aromatic rings. The highest BCUT2D eigenvalue weighted by atomic mass is 32.2. The number of aryl methyl sites for hydroxylation is 1. The molecule has 0 saturated carbocycles. The lowest BCUT2D eigenvalue weighted by molar-refractivity contribution is 0.503. The normalized spacial score (nSPS) is 14.8. The maximum Gasteiger partial charge on any atom is 0.243 e. The lowest BCUT2D eigenvalue weighted by Crippen LogP contribution is -2.27. The van der Waals surface area contributed by atoms with Gasteiger partial charge in [0, 0.05) is 7.05 Å². The maximum atomic E-state index is 12.3. The van der Waals surface area contributed by atoms with Crippen molar-refractivity contribution in [3.8, 4) is 11.8 Å². The van der Waals surface area contributed by atoms with Gasteiger partial charge in [0.2, 0.25) is 10.0 Å². The minimum absolute atomic E-state index is 0.216. The van der Waals surface area contributed by atoms with Gasteiger partial charge in [0.05, 0.1) is 11.4 Å². The summed E-state index contributed by atoms with van der Waals surface area (Å²) < 4.78 is 25.9. The molecule has 0 amide bonds. The number of allylic oxidation sites excluding steroid dienone is 2. The van der Waals surface area contributed by atoms with Gasteiger partial charge in [-0.1, -0.05) is 35.6 Å². The van der Waals surface area contributed by atoms with E-state index in [1.54, 1.807) is 31.3 Å². The number of nitrogens with zero attached hydrogens (tertiary/aromatic N) is 1. The first-order valence-corrected chi connectivity index (χ1v) is 8.15. The molecule has 20 heavy (non-hydrogen) atoms. The third-order valence-electron chi connectivity index (χ3n) is 3.32. The summed E-state index contributed by atoms with van der Waals surface area (Å²) in [4.78, 5) is 0.312. The molecule has 1 aliphatic carbocycles. The van der Waals surface area contributed by atoms with Gasteiger partial charge < -0.3 is 0 Å². The molecule has 3 nitrogen and oxygen atoms in total. The minimum atomic E-state index is -3.44. The Morgan fingerprint density at radius 3 is 2.55 bits per heavy atom. The van der Waals surface area contributed by atoms with E-state index in [4.69, 9.17) is 0 Å². The fourth-order valence-electron chi connectivity index (χ4n) is 2.02. The first-order chi connectivity index (χ1) is 9.50. The van der Waals surface area contributed by atoms with Gasteiger partial charge in [0.15, 0.2) is 0 Å². The average molecular weight is 289 g/mol. The molecule has 0 heterocycles. The summed E-state index contributed by atoms with van der Waals surface area (Å²) >= 11 is 0. The molecule has 0 fully saturated rings. The molecule has 1 aliphatic rings. The van der Waals surface area contributed by atoms with Crippen LogP contribution in [0, 0.1) is 18.8 Å². The quantitative estimate of drug-likeness (QED) is 0.802. The Bertz CT molecular complexity index is 661. The first-order valence-electron chi connectivity index (χ1n) is 6.71. The van der Waals surface area contributed by atoms with Crippen LogP contribution in [0.4, 0.5) is 0 Å². The van der Waals surface area contributed by atoms with Crippen LogP contribution in [0.25, 0.3) is 0 Å². The smallest absolute Gasteiger partial charge is 0.207 e. The topological polar surface area (TPSA) is 37.4 Å². The predicted molar refractivity (Wildman–Crippen MR) is 80.7 cm³/mol. The van der Waals surface area contributed by atoms with Crippen molar-refractivity contribution < 1.29 is 8.42 Å². The number of sulfonamides is 1. The van der Waals surface area contributed by atoms with Crippen molar-refractivity contribution in [3.63, 3.8) is 0 Å². The van der Waals surface area contributed by atoms with E-state index in [0.717, 1.165) is 30.4 Å². The number of rotatable bonds is 3. The van der Waals surface area contributed by atoms with Crippen LogP contribution in [-0.2, 0) is 10.0 Å². The summed E-state index contributed by atoms with van der Waals surface area (Å²) in [7, 11) is -1.88. The minimum Gasteiger partial charge on any atom is -0.207 e. The van der Waals surface area contributed by atoms with E-state index >= 15 is 0 Å². The lowest BCUT2D eigenvalue weighted by Gasteiger charge is -2.14. The predicted octanol–water partition coefficient (Wildman–Crippen LogP) is 2.73. The molecule has 0 atom stereocenters. The molecule has 0 unspecified atom stereocenters. The summed E-state index contributed by atoms with van der Waals surface area (Å²) in [5, 5.41) is 0. The van der Waals surface area contributed by atoms with E-state index in [1.165, 1.54) is 4.31 Å². The van der Waals surface area contributed by atoms with Crippen molar-refractivity contribution in [3.05, 3.63) is 41.5 Å². The van der Waals surface area contributed by atoms with Crippen LogP contribution >= 0.6 is 0 Å². The Morgan fingerprint density at radius 2 is 1.95 bits per heavy atom. The van der Waals surface area contributed by atoms with Gasteiger partial charge in [-0.3, -0.25) is 0 Å². The third-order valence-corrected chi connectivity index (χ3v) is 5.14. The Labute approximate surface area is 121 Å². The summed E-state index contributed by atoms with van der Waals surface area (Å²) in [5.41, 5.74) is 2.17. The zero-order chi connectivity index (χ0) is 14.6. The molecule has 4 heteroatoms. The van der Waals surface area contributed by atoms with Gasteiger partial charge in [-0.25, -0.2) is 8.42 Å². The Kier molecular flexibility index (Phi) is 4.64. The molecule has 1 aromatic carbocycles. The molecule has 0 saturated heterocycles. The second kappa shape index (κ2) is 6.25. The Hall–Kier alpha value is -1.57. The molecule has 106 valence electrons. The van der Waals surface area contributed by atoms with E-state index in [-0.39, 0.29) is 6.54 Å². The molecule has 0 spiro atoms. The van der Waals surface area contributed by atoms with Crippen LogP contribution in [0.1, 0.15) is 24.8 Å². The number of hydrogen-bond donors (Lipinski definition) is 0. The molecular formula is C16H19NO2S. The van der Waals surface area contributed by atoms with Crippen LogP contribution in [-0.4, -0.2) is 26.3 Å². The molecule has 0 bridgehead atoms. The number of hydrogen-bond acceptors (Lipinski definition) is 2. The summed E-state index contributed by atoms with van der Waals surface area (Å²) in [6.45, 7) is 2.15. The van der Waals surface area contributed by atoms with Crippen molar-refractivity contribution in [1.82, 2.24) is 4.31 Å². The summed E-state index contributed by atoms with van der Waals surface area (Å²) in [5.74, 6) is 5.99. The van der Waals surface area contributed by atoms with E-state index in [1.807, 2.05) is 6.92 Å². The standard InChI is InChI=1S/C16H19NO2S/c1-14-9-11-16(12-10-14)20(18,19)17(2)13-5-8-15-6-3-4-7-15/h6,9-12H,3-4,7,13H2,1-2H3. The second-order valence-electron chi connectivity index (χ2n) is 5.00. The van der Waals surface area contributed by atoms with Crippen LogP contribution in [0.3, 0.4) is 0 Å². The largest absolute Gasteiger partial charge is 0.243 e. The molecule has 0 N–H and O–H groups in total. The Balaban J connectivity index is 2.07. The molecular weight excluding hydrogens is 270 g/mol. The zero-order valence-electron chi connectivity index (χ0n) is 11.9. The lowest BCUT2D eigenvalue weighted by atomic mass is 10.2.